The third-order valence-corrected chi connectivity index (χ3v) is 4.68. The molecule has 1 aliphatic heterocycles. The van der Waals surface area contributed by atoms with E-state index in [9.17, 15) is 14.4 Å². The van der Waals surface area contributed by atoms with Gasteiger partial charge in [-0.2, -0.15) is 0 Å². The first-order valence-electron chi connectivity index (χ1n) is 7.64. The topological polar surface area (TPSA) is 75.7 Å². The zero-order valence-electron chi connectivity index (χ0n) is 13.1. The second kappa shape index (κ2) is 5.75. The highest BCUT2D eigenvalue weighted by molar-refractivity contribution is 6.16. The summed E-state index contributed by atoms with van der Waals surface area (Å²) in [5.41, 5.74) is -0.292. The van der Waals surface area contributed by atoms with E-state index in [0.717, 1.165) is 6.42 Å². The minimum absolute atomic E-state index is 0.0374. The maximum Gasteiger partial charge on any atom is 0.331 e. The molecule has 0 aromatic carbocycles. The highest BCUT2D eigenvalue weighted by Gasteiger charge is 2.56. The van der Waals surface area contributed by atoms with E-state index in [2.05, 4.69) is 5.32 Å². The fourth-order valence-corrected chi connectivity index (χ4v) is 3.26. The molecule has 118 valence electrons. The van der Waals surface area contributed by atoms with E-state index < -0.39 is 17.9 Å². The number of urea groups is 1. The van der Waals surface area contributed by atoms with Crippen molar-refractivity contribution in [2.24, 2.45) is 11.3 Å². The number of amides is 4. The molecule has 0 aromatic heterocycles. The molecule has 4 amide bonds. The molecular weight excluding hydrogens is 272 g/mol. The second-order valence-corrected chi connectivity index (χ2v) is 6.36. The molecule has 0 aromatic rings. The smallest absolute Gasteiger partial charge is 0.331 e. The first kappa shape index (κ1) is 15.9. The summed E-state index contributed by atoms with van der Waals surface area (Å²) in [4.78, 5) is 37.7. The third-order valence-electron chi connectivity index (χ3n) is 4.68. The van der Waals surface area contributed by atoms with E-state index in [1.165, 1.54) is 4.90 Å². The molecule has 1 saturated heterocycles. The summed E-state index contributed by atoms with van der Waals surface area (Å²) in [6.07, 6.45) is 1.86. The second-order valence-electron chi connectivity index (χ2n) is 6.36. The Labute approximate surface area is 125 Å². The SMILES string of the molecule is CCCC1C(=O)NC(=O)N(C2CC(OCC)C2(C)C)C1=O. The molecule has 0 radical (unpaired) electrons. The minimum atomic E-state index is -0.741. The molecule has 1 heterocycles. The molecule has 2 aliphatic rings. The van der Waals surface area contributed by atoms with Gasteiger partial charge in [0.15, 0.2) is 0 Å². The Balaban J connectivity index is 2.17. The van der Waals surface area contributed by atoms with E-state index in [1.807, 2.05) is 27.7 Å². The predicted molar refractivity (Wildman–Crippen MR) is 76.4 cm³/mol. The lowest BCUT2D eigenvalue weighted by atomic mass is 9.63. The van der Waals surface area contributed by atoms with Crippen molar-refractivity contribution in [1.82, 2.24) is 10.2 Å². The lowest BCUT2D eigenvalue weighted by Crippen LogP contribution is -2.70. The number of barbiturate groups is 1. The highest BCUT2D eigenvalue weighted by Crippen LogP contribution is 2.46. The maximum atomic E-state index is 12.5. The Morgan fingerprint density at radius 3 is 2.48 bits per heavy atom. The van der Waals surface area contributed by atoms with Crippen LogP contribution in [-0.4, -0.2) is 41.5 Å². The quantitative estimate of drug-likeness (QED) is 0.783. The molecule has 1 saturated carbocycles. The van der Waals surface area contributed by atoms with Crippen LogP contribution < -0.4 is 5.32 Å². The number of nitrogens with zero attached hydrogens (tertiary/aromatic N) is 1. The molecule has 2 rings (SSSR count). The molecule has 0 bridgehead atoms. The van der Waals surface area contributed by atoms with Gasteiger partial charge in [0.05, 0.1) is 12.1 Å². The van der Waals surface area contributed by atoms with Gasteiger partial charge in [-0.05, 0) is 19.8 Å². The largest absolute Gasteiger partial charge is 0.378 e. The van der Waals surface area contributed by atoms with Crippen LogP contribution in [-0.2, 0) is 14.3 Å². The van der Waals surface area contributed by atoms with Gasteiger partial charge in [-0.1, -0.05) is 27.2 Å². The molecule has 1 aliphatic carbocycles. The van der Waals surface area contributed by atoms with Crippen LogP contribution in [0.25, 0.3) is 0 Å². The summed E-state index contributed by atoms with van der Waals surface area (Å²) in [5.74, 6) is -1.57. The Morgan fingerprint density at radius 1 is 1.29 bits per heavy atom. The number of rotatable bonds is 5. The average molecular weight is 296 g/mol. The van der Waals surface area contributed by atoms with Gasteiger partial charge in [-0.25, -0.2) is 4.79 Å². The Hall–Kier alpha value is -1.43. The number of hydrogen-bond acceptors (Lipinski definition) is 4. The number of ether oxygens (including phenoxy) is 1. The van der Waals surface area contributed by atoms with Crippen LogP contribution in [0.2, 0.25) is 0 Å². The molecular formula is C15H24N2O4. The summed E-state index contributed by atoms with van der Waals surface area (Å²) in [5, 5.41) is 2.31. The maximum absolute atomic E-state index is 12.5. The number of imide groups is 2. The number of hydrogen-bond donors (Lipinski definition) is 1. The molecule has 21 heavy (non-hydrogen) atoms. The number of nitrogens with one attached hydrogen (secondary N) is 1. The lowest BCUT2D eigenvalue weighted by molar-refractivity contribution is -0.166. The molecule has 2 fully saturated rings. The van der Waals surface area contributed by atoms with Crippen molar-refractivity contribution >= 4 is 17.8 Å². The molecule has 3 atom stereocenters. The summed E-state index contributed by atoms with van der Waals surface area (Å²) >= 11 is 0. The lowest BCUT2D eigenvalue weighted by Gasteiger charge is -2.55. The molecule has 3 unspecified atom stereocenters. The first-order chi connectivity index (χ1) is 9.84. The van der Waals surface area contributed by atoms with E-state index >= 15 is 0 Å². The van der Waals surface area contributed by atoms with Crippen LogP contribution in [0.3, 0.4) is 0 Å². The Kier molecular flexibility index (Phi) is 4.37. The molecule has 6 heteroatoms. The normalized spacial score (nSPS) is 31.9. The van der Waals surface area contributed by atoms with Gasteiger partial charge in [0.2, 0.25) is 11.8 Å². The third kappa shape index (κ3) is 2.57. The summed E-state index contributed by atoms with van der Waals surface area (Å²) in [6.45, 7) is 8.44. The standard InChI is InChI=1S/C15H24N2O4/c1-5-7-9-12(18)16-14(20)17(13(9)19)10-8-11(21-6-2)15(10,3)4/h9-11H,5-8H2,1-4H3,(H,16,18,20). The van der Waals surface area contributed by atoms with Crippen LogP contribution in [0.1, 0.15) is 47.0 Å². The first-order valence-corrected chi connectivity index (χ1v) is 7.64. The fourth-order valence-electron chi connectivity index (χ4n) is 3.26. The van der Waals surface area contributed by atoms with Crippen LogP contribution in [0.4, 0.5) is 4.79 Å². The van der Waals surface area contributed by atoms with Gasteiger partial charge in [0.1, 0.15) is 5.92 Å². The number of carbonyl (C=O) groups excluding carboxylic acids is 3. The van der Waals surface area contributed by atoms with Gasteiger partial charge in [0.25, 0.3) is 0 Å². The predicted octanol–water partition coefficient (Wildman–Crippen LogP) is 1.68. The van der Waals surface area contributed by atoms with Gasteiger partial charge < -0.3 is 4.74 Å². The fraction of sp³-hybridized carbons (Fsp3) is 0.800. The summed E-state index contributed by atoms with van der Waals surface area (Å²) in [6, 6.07) is -0.806. The Morgan fingerprint density at radius 2 is 1.95 bits per heavy atom. The van der Waals surface area contributed by atoms with Crippen LogP contribution in [0, 0.1) is 11.3 Å². The van der Waals surface area contributed by atoms with Crippen LogP contribution in [0.5, 0.6) is 0 Å². The van der Waals surface area contributed by atoms with Crippen molar-refractivity contribution in [2.75, 3.05) is 6.61 Å². The average Bonchev–Trinajstić information content (AvgIpc) is 2.41. The van der Waals surface area contributed by atoms with Crippen LogP contribution >= 0.6 is 0 Å². The monoisotopic (exact) mass is 296 g/mol. The van der Waals surface area contributed by atoms with Crippen LogP contribution in [0.15, 0.2) is 0 Å². The van der Waals surface area contributed by atoms with Crippen molar-refractivity contribution in [3.8, 4) is 0 Å². The zero-order chi connectivity index (χ0) is 15.8. The molecule has 1 N–H and O–H groups in total. The molecule has 0 spiro atoms. The zero-order valence-corrected chi connectivity index (χ0v) is 13.1. The Bertz CT molecular complexity index is 461. The van der Waals surface area contributed by atoms with Gasteiger partial charge in [-0.15, -0.1) is 0 Å². The van der Waals surface area contributed by atoms with Crippen molar-refractivity contribution in [2.45, 2.75) is 59.1 Å². The number of carbonyl (C=O) groups is 3. The van der Waals surface area contributed by atoms with Gasteiger partial charge >= 0.3 is 6.03 Å². The van der Waals surface area contributed by atoms with Crippen molar-refractivity contribution in [3.63, 3.8) is 0 Å². The van der Waals surface area contributed by atoms with E-state index in [4.69, 9.17) is 4.74 Å². The summed E-state index contributed by atoms with van der Waals surface area (Å²) < 4.78 is 5.64. The van der Waals surface area contributed by atoms with Crippen molar-refractivity contribution in [3.05, 3.63) is 0 Å². The van der Waals surface area contributed by atoms with Gasteiger partial charge in [0, 0.05) is 12.0 Å². The highest BCUT2D eigenvalue weighted by atomic mass is 16.5. The van der Waals surface area contributed by atoms with Gasteiger partial charge in [-0.3, -0.25) is 19.8 Å². The van der Waals surface area contributed by atoms with Crippen molar-refractivity contribution < 1.29 is 19.1 Å². The van der Waals surface area contributed by atoms with E-state index in [-0.39, 0.29) is 23.5 Å². The molecule has 6 nitrogen and oxygen atoms in total. The summed E-state index contributed by atoms with van der Waals surface area (Å²) in [7, 11) is 0. The minimum Gasteiger partial charge on any atom is -0.378 e. The van der Waals surface area contributed by atoms with Crippen molar-refractivity contribution in [1.29, 1.82) is 0 Å². The van der Waals surface area contributed by atoms with E-state index in [1.54, 1.807) is 0 Å². The van der Waals surface area contributed by atoms with E-state index in [0.29, 0.717) is 19.4 Å².